The molecule has 17 heavy (non-hydrogen) atoms. The van der Waals surface area contributed by atoms with Gasteiger partial charge in [-0.1, -0.05) is 23.7 Å². The quantitative estimate of drug-likeness (QED) is 0.911. The number of carboxylic acids is 1. The summed E-state index contributed by atoms with van der Waals surface area (Å²) in [6.45, 7) is 1.58. The summed E-state index contributed by atoms with van der Waals surface area (Å²) in [6.07, 6.45) is 3.35. The average molecular weight is 251 g/mol. The number of aromatic nitrogens is 2. The number of rotatable bonds is 3. The number of halogens is 1. The third-order valence-electron chi connectivity index (χ3n) is 2.53. The number of carboxylic acid groups (broad SMARTS) is 1. The first-order valence-electron chi connectivity index (χ1n) is 5.11. The zero-order chi connectivity index (χ0) is 12.4. The van der Waals surface area contributed by atoms with E-state index in [4.69, 9.17) is 16.7 Å². The Kier molecular flexibility index (Phi) is 3.15. The summed E-state index contributed by atoms with van der Waals surface area (Å²) in [5.41, 5.74) is 1.83. The van der Waals surface area contributed by atoms with Gasteiger partial charge in [-0.15, -0.1) is 0 Å². The molecule has 0 aliphatic heterocycles. The first kappa shape index (κ1) is 11.7. The lowest BCUT2D eigenvalue weighted by Gasteiger charge is -2.05. The summed E-state index contributed by atoms with van der Waals surface area (Å²) in [6, 6.07) is 6.64. The lowest BCUT2D eigenvalue weighted by atomic mass is 10.1. The number of benzene rings is 1. The maximum Gasteiger partial charge on any atom is 0.328 e. The molecule has 4 nitrogen and oxygen atoms in total. The van der Waals surface area contributed by atoms with Crippen molar-refractivity contribution < 1.29 is 9.90 Å². The van der Waals surface area contributed by atoms with Crippen molar-refractivity contribution in [3.8, 4) is 11.1 Å². The molecule has 0 saturated carbocycles. The average Bonchev–Trinajstić information content (AvgIpc) is 2.78. The van der Waals surface area contributed by atoms with E-state index in [0.29, 0.717) is 5.02 Å². The minimum atomic E-state index is -0.907. The van der Waals surface area contributed by atoms with Crippen LogP contribution in [-0.4, -0.2) is 20.9 Å². The summed E-state index contributed by atoms with van der Waals surface area (Å²) in [5, 5.41) is 13.6. The summed E-state index contributed by atoms with van der Waals surface area (Å²) >= 11 is 5.80. The van der Waals surface area contributed by atoms with Crippen LogP contribution in [0.2, 0.25) is 5.02 Å². The van der Waals surface area contributed by atoms with Crippen LogP contribution in [0.1, 0.15) is 13.0 Å². The van der Waals surface area contributed by atoms with Crippen LogP contribution >= 0.6 is 11.6 Å². The van der Waals surface area contributed by atoms with Crippen molar-refractivity contribution in [3.05, 3.63) is 41.7 Å². The van der Waals surface area contributed by atoms with Crippen LogP contribution in [0.5, 0.6) is 0 Å². The van der Waals surface area contributed by atoms with Crippen LogP contribution in [0.4, 0.5) is 0 Å². The molecule has 0 saturated heterocycles. The molecule has 5 heteroatoms. The number of carbonyl (C=O) groups is 1. The Hall–Kier alpha value is -1.81. The van der Waals surface area contributed by atoms with Crippen LogP contribution in [0.25, 0.3) is 11.1 Å². The smallest absolute Gasteiger partial charge is 0.328 e. The van der Waals surface area contributed by atoms with Gasteiger partial charge in [-0.3, -0.25) is 4.68 Å². The first-order valence-corrected chi connectivity index (χ1v) is 5.48. The molecular weight excluding hydrogens is 240 g/mol. The monoisotopic (exact) mass is 250 g/mol. The van der Waals surface area contributed by atoms with E-state index in [0.717, 1.165) is 11.1 Å². The maximum atomic E-state index is 10.8. The minimum absolute atomic E-state index is 0.667. The molecule has 0 bridgehead atoms. The molecule has 0 fully saturated rings. The highest BCUT2D eigenvalue weighted by molar-refractivity contribution is 6.30. The van der Waals surface area contributed by atoms with Gasteiger partial charge in [0.1, 0.15) is 6.04 Å². The van der Waals surface area contributed by atoms with Gasteiger partial charge in [-0.05, 0) is 24.6 Å². The van der Waals surface area contributed by atoms with Gasteiger partial charge in [0, 0.05) is 16.8 Å². The predicted molar refractivity (Wildman–Crippen MR) is 65.0 cm³/mol. The summed E-state index contributed by atoms with van der Waals surface area (Å²) in [5.74, 6) is -0.907. The van der Waals surface area contributed by atoms with Crippen LogP contribution in [-0.2, 0) is 4.79 Å². The molecule has 1 aromatic heterocycles. The predicted octanol–water partition coefficient (Wildman–Crippen LogP) is 2.85. The molecule has 0 radical (unpaired) electrons. The van der Waals surface area contributed by atoms with Crippen LogP contribution in [0.15, 0.2) is 36.7 Å². The minimum Gasteiger partial charge on any atom is -0.480 e. The third kappa shape index (κ3) is 2.47. The normalized spacial score (nSPS) is 12.4. The molecule has 2 rings (SSSR count). The number of nitrogens with zero attached hydrogens (tertiary/aromatic N) is 2. The maximum absolute atomic E-state index is 10.8. The van der Waals surface area contributed by atoms with Crippen molar-refractivity contribution in [2.75, 3.05) is 0 Å². The third-order valence-corrected chi connectivity index (χ3v) is 2.79. The lowest BCUT2D eigenvalue weighted by molar-refractivity contribution is -0.140. The fourth-order valence-electron chi connectivity index (χ4n) is 1.45. The molecule has 0 aliphatic carbocycles. The van der Waals surface area contributed by atoms with Gasteiger partial charge in [0.15, 0.2) is 0 Å². The van der Waals surface area contributed by atoms with E-state index in [1.54, 1.807) is 31.5 Å². The van der Waals surface area contributed by atoms with Crippen LogP contribution in [0.3, 0.4) is 0 Å². The summed E-state index contributed by atoms with van der Waals surface area (Å²) < 4.78 is 1.42. The van der Waals surface area contributed by atoms with Crippen molar-refractivity contribution in [2.24, 2.45) is 0 Å². The largest absolute Gasteiger partial charge is 0.480 e. The Bertz CT molecular complexity index is 534. The zero-order valence-electron chi connectivity index (χ0n) is 9.17. The van der Waals surface area contributed by atoms with Gasteiger partial charge in [-0.25, -0.2) is 4.79 Å². The standard InChI is InChI=1S/C12H11ClN2O2/c1-8(12(16)17)15-7-10(6-14-15)9-2-4-11(13)5-3-9/h2-8H,1H3,(H,16,17). The highest BCUT2D eigenvalue weighted by atomic mass is 35.5. The molecule has 0 aliphatic rings. The molecule has 1 unspecified atom stereocenters. The fraction of sp³-hybridized carbons (Fsp3) is 0.167. The van der Waals surface area contributed by atoms with E-state index in [2.05, 4.69) is 5.10 Å². The van der Waals surface area contributed by atoms with Gasteiger partial charge < -0.3 is 5.11 Å². The van der Waals surface area contributed by atoms with E-state index in [-0.39, 0.29) is 0 Å². The van der Waals surface area contributed by atoms with Crippen molar-refractivity contribution >= 4 is 17.6 Å². The number of hydrogen-bond acceptors (Lipinski definition) is 2. The van der Waals surface area contributed by atoms with Crippen molar-refractivity contribution in [1.82, 2.24) is 9.78 Å². The molecule has 0 amide bonds. The Labute approximate surface area is 103 Å². The molecule has 88 valence electrons. The van der Waals surface area contributed by atoms with Gasteiger partial charge in [0.05, 0.1) is 6.20 Å². The number of aliphatic carboxylic acids is 1. The van der Waals surface area contributed by atoms with E-state index in [1.165, 1.54) is 4.68 Å². The van der Waals surface area contributed by atoms with Crippen molar-refractivity contribution in [2.45, 2.75) is 13.0 Å². The Morgan fingerprint density at radius 1 is 1.35 bits per heavy atom. The number of hydrogen-bond donors (Lipinski definition) is 1. The summed E-state index contributed by atoms with van der Waals surface area (Å²) in [4.78, 5) is 10.8. The zero-order valence-corrected chi connectivity index (χ0v) is 9.93. The summed E-state index contributed by atoms with van der Waals surface area (Å²) in [7, 11) is 0. The molecule has 1 heterocycles. The molecular formula is C12H11ClN2O2. The highest BCUT2D eigenvalue weighted by Gasteiger charge is 2.14. The van der Waals surface area contributed by atoms with Gasteiger partial charge in [0.2, 0.25) is 0 Å². The second kappa shape index (κ2) is 4.59. The lowest BCUT2D eigenvalue weighted by Crippen LogP contribution is -2.15. The van der Waals surface area contributed by atoms with E-state index in [1.807, 2.05) is 12.1 Å². The Morgan fingerprint density at radius 2 is 2.00 bits per heavy atom. The molecule has 0 spiro atoms. The Morgan fingerprint density at radius 3 is 2.59 bits per heavy atom. The molecule has 2 aromatic rings. The van der Waals surface area contributed by atoms with E-state index in [9.17, 15) is 4.79 Å². The van der Waals surface area contributed by atoms with Crippen molar-refractivity contribution in [1.29, 1.82) is 0 Å². The highest BCUT2D eigenvalue weighted by Crippen LogP contribution is 2.21. The molecule has 1 atom stereocenters. The van der Waals surface area contributed by atoms with Crippen molar-refractivity contribution in [3.63, 3.8) is 0 Å². The van der Waals surface area contributed by atoms with E-state index < -0.39 is 12.0 Å². The van der Waals surface area contributed by atoms with Crippen LogP contribution in [0, 0.1) is 0 Å². The van der Waals surface area contributed by atoms with Gasteiger partial charge in [-0.2, -0.15) is 5.10 Å². The SMILES string of the molecule is CC(C(=O)O)n1cc(-c2ccc(Cl)cc2)cn1. The second-order valence-electron chi connectivity index (χ2n) is 3.73. The van der Waals surface area contributed by atoms with E-state index >= 15 is 0 Å². The van der Waals surface area contributed by atoms with Crippen LogP contribution < -0.4 is 0 Å². The topological polar surface area (TPSA) is 55.1 Å². The Balaban J connectivity index is 2.29. The molecule has 1 aromatic carbocycles. The van der Waals surface area contributed by atoms with Gasteiger partial charge >= 0.3 is 5.97 Å². The first-order chi connectivity index (χ1) is 8.08. The fourth-order valence-corrected chi connectivity index (χ4v) is 1.58. The second-order valence-corrected chi connectivity index (χ2v) is 4.17. The van der Waals surface area contributed by atoms with Gasteiger partial charge in [0.25, 0.3) is 0 Å². The molecule has 1 N–H and O–H groups in total.